The quantitative estimate of drug-likeness (QED) is 0.453. The number of aromatic nitrogens is 1. The zero-order valence-electron chi connectivity index (χ0n) is 7.22. The van der Waals surface area contributed by atoms with Crippen LogP contribution in [0.4, 0.5) is 5.69 Å². The van der Waals surface area contributed by atoms with Crippen LogP contribution in [0.3, 0.4) is 0 Å². The molecular formula is C8H4N2O4S. The summed E-state index contributed by atoms with van der Waals surface area (Å²) in [4.78, 5) is 23.4. The van der Waals surface area contributed by atoms with Crippen molar-refractivity contribution in [3.8, 4) is 0 Å². The monoisotopic (exact) mass is 224 g/mol. The summed E-state index contributed by atoms with van der Waals surface area (Å²) >= 11 is 4.66. The minimum absolute atomic E-state index is 0.0543. The second-order valence-electron chi connectivity index (χ2n) is 2.78. The molecule has 2 rings (SSSR count). The second-order valence-corrected chi connectivity index (χ2v) is 3.15. The van der Waals surface area contributed by atoms with Gasteiger partial charge in [-0.1, -0.05) is 0 Å². The molecule has 7 heteroatoms. The third-order valence-corrected chi connectivity index (χ3v) is 2.02. The first-order chi connectivity index (χ1) is 7.08. The standard InChI is InChI=1S/C8H4N2O4S/c11-7-5-3-4(10(12)13)1-2-6(5)14-8(15)9-7/h1-3H,(H,9,11,15). The Morgan fingerprint density at radius 1 is 1.47 bits per heavy atom. The first-order valence-electron chi connectivity index (χ1n) is 3.89. The number of aromatic amines is 1. The number of nitro benzene ring substituents is 1. The fraction of sp³-hybridized carbons (Fsp3) is 0. The smallest absolute Gasteiger partial charge is 0.270 e. The number of H-pyrrole nitrogens is 1. The van der Waals surface area contributed by atoms with Crippen molar-refractivity contribution in [3.05, 3.63) is 43.5 Å². The Morgan fingerprint density at radius 3 is 2.87 bits per heavy atom. The highest BCUT2D eigenvalue weighted by Gasteiger charge is 2.09. The molecule has 15 heavy (non-hydrogen) atoms. The predicted molar refractivity (Wildman–Crippen MR) is 54.3 cm³/mol. The molecule has 1 aromatic carbocycles. The lowest BCUT2D eigenvalue weighted by atomic mass is 10.2. The lowest BCUT2D eigenvalue weighted by molar-refractivity contribution is -0.384. The van der Waals surface area contributed by atoms with E-state index >= 15 is 0 Å². The summed E-state index contributed by atoms with van der Waals surface area (Å²) in [5, 5.41) is 10.6. The van der Waals surface area contributed by atoms with E-state index in [4.69, 9.17) is 4.42 Å². The van der Waals surface area contributed by atoms with Gasteiger partial charge >= 0.3 is 0 Å². The van der Waals surface area contributed by atoms with Crippen molar-refractivity contribution >= 4 is 28.9 Å². The third-order valence-electron chi connectivity index (χ3n) is 1.84. The Balaban J connectivity index is 2.89. The molecular weight excluding hydrogens is 220 g/mol. The molecule has 6 nitrogen and oxygen atoms in total. The highest BCUT2D eigenvalue weighted by atomic mass is 32.1. The number of nitro groups is 1. The first-order valence-corrected chi connectivity index (χ1v) is 4.30. The van der Waals surface area contributed by atoms with Crippen LogP contribution in [0.15, 0.2) is 27.4 Å². The maximum Gasteiger partial charge on any atom is 0.270 e. The molecule has 2 aromatic rings. The van der Waals surface area contributed by atoms with E-state index in [-0.39, 0.29) is 21.5 Å². The Labute approximate surface area is 87.3 Å². The predicted octanol–water partition coefficient (Wildman–Crippen LogP) is 1.76. The van der Waals surface area contributed by atoms with Crippen molar-refractivity contribution in [1.29, 1.82) is 0 Å². The van der Waals surface area contributed by atoms with Gasteiger partial charge in [0.25, 0.3) is 16.1 Å². The number of nitrogens with zero attached hydrogens (tertiary/aromatic N) is 1. The van der Waals surface area contributed by atoms with E-state index in [9.17, 15) is 14.9 Å². The lowest BCUT2D eigenvalue weighted by Crippen LogP contribution is -2.05. The van der Waals surface area contributed by atoms with Gasteiger partial charge in [-0.25, -0.2) is 0 Å². The molecule has 0 atom stereocenters. The van der Waals surface area contributed by atoms with E-state index < -0.39 is 10.5 Å². The molecule has 0 spiro atoms. The molecule has 0 saturated carbocycles. The van der Waals surface area contributed by atoms with Crippen LogP contribution >= 0.6 is 12.2 Å². The summed E-state index contributed by atoms with van der Waals surface area (Å²) in [6.45, 7) is 0. The van der Waals surface area contributed by atoms with Crippen LogP contribution in [-0.4, -0.2) is 9.91 Å². The van der Waals surface area contributed by atoms with Crippen molar-refractivity contribution in [1.82, 2.24) is 4.98 Å². The maximum atomic E-state index is 11.4. The molecule has 0 aliphatic rings. The van der Waals surface area contributed by atoms with Crippen LogP contribution in [0, 0.1) is 15.0 Å². The summed E-state index contributed by atoms with van der Waals surface area (Å²) in [6.07, 6.45) is 0. The maximum absolute atomic E-state index is 11.4. The summed E-state index contributed by atoms with van der Waals surface area (Å²) in [5.74, 6) is 0. The van der Waals surface area contributed by atoms with Gasteiger partial charge in [0, 0.05) is 12.1 Å². The molecule has 76 valence electrons. The van der Waals surface area contributed by atoms with Crippen molar-refractivity contribution in [2.45, 2.75) is 0 Å². The molecule has 1 aromatic heterocycles. The fourth-order valence-corrected chi connectivity index (χ4v) is 1.37. The molecule has 0 unspecified atom stereocenters. The summed E-state index contributed by atoms with van der Waals surface area (Å²) in [5.41, 5.74) is -0.431. The molecule has 0 fully saturated rings. The van der Waals surface area contributed by atoms with Crippen molar-refractivity contribution in [2.24, 2.45) is 0 Å². The number of fused-ring (bicyclic) bond motifs is 1. The van der Waals surface area contributed by atoms with Gasteiger partial charge in [-0.05, 0) is 18.3 Å². The summed E-state index contributed by atoms with van der Waals surface area (Å²) in [7, 11) is 0. The van der Waals surface area contributed by atoms with Crippen LogP contribution in [0.5, 0.6) is 0 Å². The normalized spacial score (nSPS) is 10.4. The molecule has 0 saturated heterocycles. The van der Waals surface area contributed by atoms with Crippen LogP contribution < -0.4 is 5.56 Å². The number of nitrogens with one attached hydrogen (secondary N) is 1. The minimum atomic E-state index is -0.583. The van der Waals surface area contributed by atoms with E-state index in [1.807, 2.05) is 0 Å². The second kappa shape index (κ2) is 3.28. The fourth-order valence-electron chi connectivity index (χ4n) is 1.18. The third kappa shape index (κ3) is 1.64. The SMILES string of the molecule is O=c1[nH]c(=S)oc2ccc([N+](=O)[O-])cc12. The molecule has 1 heterocycles. The summed E-state index contributed by atoms with van der Waals surface area (Å²) in [6, 6.07) is 3.74. The minimum Gasteiger partial charge on any atom is -0.431 e. The number of hydrogen-bond donors (Lipinski definition) is 1. The molecule has 0 aliphatic heterocycles. The number of rotatable bonds is 1. The van der Waals surface area contributed by atoms with E-state index in [1.165, 1.54) is 12.1 Å². The zero-order valence-corrected chi connectivity index (χ0v) is 8.04. The number of benzene rings is 1. The Morgan fingerprint density at radius 2 is 2.20 bits per heavy atom. The zero-order chi connectivity index (χ0) is 11.0. The largest absolute Gasteiger partial charge is 0.431 e. The van der Waals surface area contributed by atoms with Crippen molar-refractivity contribution < 1.29 is 9.34 Å². The van der Waals surface area contributed by atoms with Gasteiger partial charge in [0.2, 0.25) is 0 Å². The van der Waals surface area contributed by atoms with Crippen LogP contribution in [-0.2, 0) is 0 Å². The number of hydrogen-bond acceptors (Lipinski definition) is 5. The van der Waals surface area contributed by atoms with Gasteiger partial charge in [0.15, 0.2) is 0 Å². The summed E-state index contributed by atoms with van der Waals surface area (Å²) < 4.78 is 5.01. The topological polar surface area (TPSA) is 89.1 Å². The first kappa shape index (κ1) is 9.53. The van der Waals surface area contributed by atoms with Crippen LogP contribution in [0.2, 0.25) is 0 Å². The molecule has 0 aliphatic carbocycles. The van der Waals surface area contributed by atoms with Gasteiger partial charge in [0.1, 0.15) is 5.58 Å². The lowest BCUT2D eigenvalue weighted by Gasteiger charge is -1.95. The van der Waals surface area contributed by atoms with Crippen molar-refractivity contribution in [3.63, 3.8) is 0 Å². The van der Waals surface area contributed by atoms with Gasteiger partial charge in [-0.3, -0.25) is 19.9 Å². The highest BCUT2D eigenvalue weighted by molar-refractivity contribution is 7.71. The Hall–Kier alpha value is -2.02. The van der Waals surface area contributed by atoms with E-state index in [1.54, 1.807) is 0 Å². The van der Waals surface area contributed by atoms with E-state index in [2.05, 4.69) is 17.2 Å². The van der Waals surface area contributed by atoms with Gasteiger partial charge in [-0.15, -0.1) is 0 Å². The molecule has 0 amide bonds. The van der Waals surface area contributed by atoms with Gasteiger partial charge < -0.3 is 4.42 Å². The average Bonchev–Trinajstić information content (AvgIpc) is 2.16. The van der Waals surface area contributed by atoms with Crippen LogP contribution in [0.1, 0.15) is 0 Å². The Kier molecular flexibility index (Phi) is 2.09. The van der Waals surface area contributed by atoms with Crippen LogP contribution in [0.25, 0.3) is 11.0 Å². The Bertz CT molecular complexity index is 657. The number of non-ortho nitro benzene ring substituents is 1. The highest BCUT2D eigenvalue weighted by Crippen LogP contribution is 2.17. The van der Waals surface area contributed by atoms with Gasteiger partial charge in [0.05, 0.1) is 10.3 Å². The molecule has 1 N–H and O–H groups in total. The van der Waals surface area contributed by atoms with E-state index in [0.29, 0.717) is 0 Å². The van der Waals surface area contributed by atoms with E-state index in [0.717, 1.165) is 6.07 Å². The average molecular weight is 224 g/mol. The van der Waals surface area contributed by atoms with Gasteiger partial charge in [-0.2, -0.15) is 0 Å². The molecule has 0 radical (unpaired) electrons. The molecule has 0 bridgehead atoms. The van der Waals surface area contributed by atoms with Crippen molar-refractivity contribution in [2.75, 3.05) is 0 Å².